The summed E-state index contributed by atoms with van der Waals surface area (Å²) in [6.45, 7) is 6.46. The van der Waals surface area contributed by atoms with Crippen molar-refractivity contribution in [1.82, 2.24) is 0 Å². The highest BCUT2D eigenvalue weighted by Crippen LogP contribution is 2.16. The lowest BCUT2D eigenvalue weighted by Crippen LogP contribution is -2.30. The van der Waals surface area contributed by atoms with Crippen molar-refractivity contribution in [2.45, 2.75) is 322 Å². The van der Waals surface area contributed by atoms with Crippen LogP contribution in [0.5, 0.6) is 0 Å². The largest absolute Gasteiger partial charge is 0.462 e. The Morgan fingerprint density at radius 2 is 0.558 bits per heavy atom. The molecule has 6 nitrogen and oxygen atoms in total. The van der Waals surface area contributed by atoms with Gasteiger partial charge in [-0.2, -0.15) is 0 Å². The van der Waals surface area contributed by atoms with E-state index in [1.165, 1.54) is 199 Å². The van der Waals surface area contributed by atoms with Gasteiger partial charge in [0.1, 0.15) is 13.2 Å². The fraction of sp³-hybridized carbons (Fsp3) is 0.732. The molecule has 77 heavy (non-hydrogen) atoms. The molecule has 1 unspecified atom stereocenters. The van der Waals surface area contributed by atoms with Gasteiger partial charge in [-0.3, -0.25) is 14.4 Å². The van der Waals surface area contributed by atoms with Crippen LogP contribution in [-0.4, -0.2) is 37.2 Å². The summed E-state index contributed by atoms with van der Waals surface area (Å²) in [5.41, 5.74) is 0. The summed E-state index contributed by atoms with van der Waals surface area (Å²) in [6.07, 6.45) is 87.3. The van der Waals surface area contributed by atoms with E-state index in [9.17, 15) is 14.4 Å². The molecule has 0 rings (SSSR count). The fourth-order valence-corrected chi connectivity index (χ4v) is 9.19. The zero-order valence-electron chi connectivity index (χ0n) is 50.7. The van der Waals surface area contributed by atoms with E-state index in [-0.39, 0.29) is 31.6 Å². The number of esters is 3. The molecular weight excluding hydrogens is 949 g/mol. The Labute approximate surface area is 477 Å². The van der Waals surface area contributed by atoms with Gasteiger partial charge in [0.05, 0.1) is 6.42 Å². The van der Waals surface area contributed by atoms with Crippen molar-refractivity contribution in [3.8, 4) is 0 Å². The lowest BCUT2D eigenvalue weighted by molar-refractivity contribution is -0.166. The predicted molar refractivity (Wildman–Crippen MR) is 334 cm³/mol. The van der Waals surface area contributed by atoms with Crippen LogP contribution in [0.15, 0.2) is 97.2 Å². The summed E-state index contributed by atoms with van der Waals surface area (Å²) in [4.78, 5) is 38.3. The van der Waals surface area contributed by atoms with Crippen molar-refractivity contribution >= 4 is 17.9 Å². The number of hydrogen-bond acceptors (Lipinski definition) is 6. The van der Waals surface area contributed by atoms with Gasteiger partial charge in [0.25, 0.3) is 0 Å². The highest BCUT2D eigenvalue weighted by molar-refractivity contribution is 5.72. The van der Waals surface area contributed by atoms with Gasteiger partial charge < -0.3 is 14.2 Å². The van der Waals surface area contributed by atoms with Gasteiger partial charge in [-0.05, 0) is 103 Å². The molecule has 1 atom stereocenters. The minimum Gasteiger partial charge on any atom is -0.462 e. The zero-order chi connectivity index (χ0) is 55.7. The van der Waals surface area contributed by atoms with Gasteiger partial charge in [0.2, 0.25) is 0 Å². The molecule has 0 heterocycles. The van der Waals surface area contributed by atoms with E-state index in [1.807, 2.05) is 6.08 Å². The van der Waals surface area contributed by atoms with Crippen LogP contribution in [0, 0.1) is 0 Å². The first kappa shape index (κ1) is 73.3. The van der Waals surface area contributed by atoms with Crippen molar-refractivity contribution in [3.05, 3.63) is 97.2 Å². The predicted octanol–water partition coefficient (Wildman–Crippen LogP) is 22.4. The SMILES string of the molecule is CC/C=C\C/C=C\C/C=C\C/C=C\C/C=C\CC(=O)OCC(COC(=O)CCCCCCCCCCCCC/C=C\C/C=C\CCCCCCC)OC(=O)CCCCCCCCCCC/C=C\CCCCCCCCCC. The maximum atomic E-state index is 12.9. The molecule has 442 valence electrons. The Hall–Kier alpha value is -3.67. The second-order valence-corrected chi connectivity index (χ2v) is 21.7. The summed E-state index contributed by atoms with van der Waals surface area (Å²) in [7, 11) is 0. The average molecular weight is 1070 g/mol. The Kier molecular flexibility index (Phi) is 61.8. The monoisotopic (exact) mass is 1070 g/mol. The van der Waals surface area contributed by atoms with Crippen LogP contribution >= 0.6 is 0 Å². The van der Waals surface area contributed by atoms with E-state index in [1.54, 1.807) is 6.08 Å². The molecule has 0 saturated heterocycles. The second kappa shape index (κ2) is 64.9. The molecule has 6 heteroatoms. The highest BCUT2D eigenvalue weighted by Gasteiger charge is 2.19. The van der Waals surface area contributed by atoms with E-state index in [2.05, 4.69) is 106 Å². The van der Waals surface area contributed by atoms with Crippen molar-refractivity contribution in [1.29, 1.82) is 0 Å². The van der Waals surface area contributed by atoms with E-state index in [0.29, 0.717) is 12.8 Å². The normalized spacial score (nSPS) is 12.7. The van der Waals surface area contributed by atoms with E-state index >= 15 is 0 Å². The standard InChI is InChI=1S/C71H122O6/c1-4-7-10-13-16-19-22-25-28-30-32-34-35-37-38-40-43-46-49-52-55-58-61-64-70(73)76-67-68(66-75-69(72)63-60-57-54-51-48-45-42-27-24-21-18-15-12-9-6-3)77-71(74)65-62-59-56-53-50-47-44-41-39-36-33-31-29-26-23-20-17-14-11-8-5-2/h9,12,18,21-22,25,27,30-33,42,48,51,57,60,68H,4-8,10-11,13-17,19-20,23-24,26,28-29,34-41,43-47,49-50,52-56,58-59,61-67H2,1-3H3/b12-9-,21-18-,25-22-,32-30-,33-31-,42-27-,51-48-,60-57-. The third-order valence-electron chi connectivity index (χ3n) is 14.1. The maximum absolute atomic E-state index is 12.9. The average Bonchev–Trinajstić information content (AvgIpc) is 3.43. The van der Waals surface area contributed by atoms with Gasteiger partial charge in [0.15, 0.2) is 6.10 Å². The molecule has 0 spiro atoms. The molecule has 0 bridgehead atoms. The Bertz CT molecular complexity index is 1510. The molecule has 0 aliphatic carbocycles. The fourth-order valence-electron chi connectivity index (χ4n) is 9.19. The van der Waals surface area contributed by atoms with Gasteiger partial charge in [-0.15, -0.1) is 0 Å². The lowest BCUT2D eigenvalue weighted by Gasteiger charge is -2.18. The number of unbranched alkanes of at least 4 members (excludes halogenated alkanes) is 33. The molecule has 0 aromatic carbocycles. The first-order chi connectivity index (χ1) is 38.0. The molecule has 0 amide bonds. The van der Waals surface area contributed by atoms with Gasteiger partial charge >= 0.3 is 17.9 Å². The summed E-state index contributed by atoms with van der Waals surface area (Å²) < 4.78 is 16.8. The number of carbonyl (C=O) groups is 3. The van der Waals surface area contributed by atoms with Crippen LogP contribution in [0.4, 0.5) is 0 Å². The van der Waals surface area contributed by atoms with Crippen molar-refractivity contribution < 1.29 is 28.6 Å². The zero-order valence-corrected chi connectivity index (χ0v) is 50.7. The summed E-state index contributed by atoms with van der Waals surface area (Å²) >= 11 is 0. The van der Waals surface area contributed by atoms with Crippen molar-refractivity contribution in [3.63, 3.8) is 0 Å². The van der Waals surface area contributed by atoms with E-state index in [0.717, 1.165) is 77.0 Å². The van der Waals surface area contributed by atoms with Crippen LogP contribution in [0.25, 0.3) is 0 Å². The highest BCUT2D eigenvalue weighted by atomic mass is 16.6. The minimum absolute atomic E-state index is 0.108. The number of rotatable bonds is 59. The van der Waals surface area contributed by atoms with Crippen LogP contribution < -0.4 is 0 Å². The van der Waals surface area contributed by atoms with Crippen LogP contribution in [-0.2, 0) is 28.6 Å². The molecule has 0 radical (unpaired) electrons. The van der Waals surface area contributed by atoms with E-state index in [4.69, 9.17) is 14.2 Å². The molecule has 0 fully saturated rings. The number of ether oxygens (including phenoxy) is 3. The topological polar surface area (TPSA) is 78.9 Å². The van der Waals surface area contributed by atoms with Crippen molar-refractivity contribution in [2.75, 3.05) is 13.2 Å². The molecule has 0 aliphatic heterocycles. The van der Waals surface area contributed by atoms with Crippen LogP contribution in [0.1, 0.15) is 316 Å². The van der Waals surface area contributed by atoms with Gasteiger partial charge in [0, 0.05) is 12.8 Å². The number of hydrogen-bond donors (Lipinski definition) is 0. The quantitative estimate of drug-likeness (QED) is 0.0261. The maximum Gasteiger partial charge on any atom is 0.309 e. The third kappa shape index (κ3) is 63.0. The van der Waals surface area contributed by atoms with Crippen molar-refractivity contribution in [2.24, 2.45) is 0 Å². The molecule has 0 aromatic rings. The number of carbonyl (C=O) groups excluding carboxylic acids is 3. The molecule has 0 saturated carbocycles. The Balaban J connectivity index is 4.41. The molecular formula is C71H122O6. The first-order valence-corrected chi connectivity index (χ1v) is 32.7. The third-order valence-corrected chi connectivity index (χ3v) is 14.1. The van der Waals surface area contributed by atoms with Gasteiger partial charge in [-0.1, -0.05) is 291 Å². The first-order valence-electron chi connectivity index (χ1n) is 32.7. The summed E-state index contributed by atoms with van der Waals surface area (Å²) in [6, 6.07) is 0. The van der Waals surface area contributed by atoms with E-state index < -0.39 is 12.1 Å². The molecule has 0 aromatic heterocycles. The summed E-state index contributed by atoms with van der Waals surface area (Å²) in [5, 5.41) is 0. The van der Waals surface area contributed by atoms with Crippen LogP contribution in [0.3, 0.4) is 0 Å². The second-order valence-electron chi connectivity index (χ2n) is 21.7. The smallest absolute Gasteiger partial charge is 0.309 e. The Morgan fingerprint density at radius 3 is 0.922 bits per heavy atom. The molecule has 0 N–H and O–H groups in total. The lowest BCUT2D eigenvalue weighted by atomic mass is 10.0. The number of allylic oxidation sites excluding steroid dienone is 15. The minimum atomic E-state index is -0.821. The molecule has 0 aliphatic rings. The van der Waals surface area contributed by atoms with Gasteiger partial charge in [-0.25, -0.2) is 0 Å². The summed E-state index contributed by atoms with van der Waals surface area (Å²) in [5.74, 6) is -1.04. The van der Waals surface area contributed by atoms with Crippen LogP contribution in [0.2, 0.25) is 0 Å². The Morgan fingerprint density at radius 1 is 0.286 bits per heavy atom.